The maximum Gasteiger partial charge on any atom is 0.338 e. The van der Waals surface area contributed by atoms with Crippen molar-refractivity contribution in [1.82, 2.24) is 4.57 Å². The third kappa shape index (κ3) is 4.38. The molecular weight excluding hydrogens is 480 g/mol. The number of rotatable bonds is 6. The molecule has 1 aliphatic rings. The molecule has 1 atom stereocenters. The first kappa shape index (κ1) is 23.0. The molecule has 0 fully saturated rings. The standard InChI is InChI=1S/C27H22N2O4S2/c1-3-33-26(31)22-23(17-8-5-4-6-9-17)28-27-29(24(22)18-11-13-19(32-2)14-12-18)25(30)21(35-27)16-20-10-7-15-34-20/h4-16,24H,3H2,1-2H3/b21-16-. The normalized spacial score (nSPS) is 15.5. The fourth-order valence-corrected chi connectivity index (χ4v) is 5.77. The van der Waals surface area contributed by atoms with E-state index in [-0.39, 0.29) is 12.2 Å². The zero-order valence-corrected chi connectivity index (χ0v) is 20.8. The molecule has 3 heterocycles. The molecule has 0 amide bonds. The molecule has 0 radical (unpaired) electrons. The van der Waals surface area contributed by atoms with Gasteiger partial charge in [-0.25, -0.2) is 9.79 Å². The molecule has 176 valence electrons. The predicted molar refractivity (Wildman–Crippen MR) is 138 cm³/mol. The van der Waals surface area contributed by atoms with Crippen LogP contribution in [0.2, 0.25) is 0 Å². The summed E-state index contributed by atoms with van der Waals surface area (Å²) >= 11 is 2.87. The summed E-state index contributed by atoms with van der Waals surface area (Å²) in [7, 11) is 1.60. The minimum atomic E-state index is -0.697. The summed E-state index contributed by atoms with van der Waals surface area (Å²) in [5.74, 6) is 0.187. The highest BCUT2D eigenvalue weighted by molar-refractivity contribution is 7.11. The number of thiazole rings is 1. The summed E-state index contributed by atoms with van der Waals surface area (Å²) in [6.07, 6.45) is 1.87. The van der Waals surface area contributed by atoms with Crippen LogP contribution in [0.1, 0.15) is 29.0 Å². The minimum Gasteiger partial charge on any atom is -0.497 e. The van der Waals surface area contributed by atoms with E-state index in [9.17, 15) is 9.59 Å². The van der Waals surface area contributed by atoms with Crippen LogP contribution in [0.4, 0.5) is 0 Å². The summed E-state index contributed by atoms with van der Waals surface area (Å²) in [6, 6.07) is 20.1. The SMILES string of the molecule is CCOC(=O)C1=C(c2ccccc2)N=c2s/c(=C\c3cccs3)c(=O)n2C1c1ccc(OC)cc1. The van der Waals surface area contributed by atoms with Crippen molar-refractivity contribution in [3.8, 4) is 5.75 Å². The summed E-state index contributed by atoms with van der Waals surface area (Å²) in [5.41, 5.74) is 2.19. The Hall–Kier alpha value is -3.75. The van der Waals surface area contributed by atoms with E-state index in [0.717, 1.165) is 16.0 Å². The number of ether oxygens (including phenoxy) is 2. The van der Waals surface area contributed by atoms with Gasteiger partial charge in [-0.2, -0.15) is 0 Å². The van der Waals surface area contributed by atoms with Crippen LogP contribution in [0.3, 0.4) is 0 Å². The molecule has 35 heavy (non-hydrogen) atoms. The molecule has 5 rings (SSSR count). The Morgan fingerprint density at radius 1 is 1.09 bits per heavy atom. The Kier molecular flexibility index (Phi) is 6.48. The van der Waals surface area contributed by atoms with Crippen LogP contribution in [-0.4, -0.2) is 24.3 Å². The minimum absolute atomic E-state index is 0.197. The largest absolute Gasteiger partial charge is 0.497 e. The summed E-state index contributed by atoms with van der Waals surface area (Å²) in [4.78, 5) is 33.4. The van der Waals surface area contributed by atoms with E-state index in [2.05, 4.69) is 0 Å². The second kappa shape index (κ2) is 9.85. The topological polar surface area (TPSA) is 69.9 Å². The molecule has 0 bridgehead atoms. The Bertz CT molecular complexity index is 1560. The number of aromatic nitrogens is 1. The number of benzene rings is 2. The molecule has 6 nitrogen and oxygen atoms in total. The average molecular weight is 503 g/mol. The molecule has 8 heteroatoms. The zero-order chi connectivity index (χ0) is 24.4. The quantitative estimate of drug-likeness (QED) is 0.374. The lowest BCUT2D eigenvalue weighted by Gasteiger charge is -2.26. The van der Waals surface area contributed by atoms with E-state index >= 15 is 0 Å². The lowest BCUT2D eigenvalue weighted by Crippen LogP contribution is -2.39. The predicted octanol–water partition coefficient (Wildman–Crippen LogP) is 4.01. The molecule has 0 saturated heterocycles. The molecule has 2 aromatic carbocycles. The van der Waals surface area contributed by atoms with E-state index < -0.39 is 12.0 Å². The van der Waals surface area contributed by atoms with Crippen molar-refractivity contribution < 1.29 is 14.3 Å². The van der Waals surface area contributed by atoms with Crippen molar-refractivity contribution in [2.45, 2.75) is 13.0 Å². The fourth-order valence-electron chi connectivity index (χ4n) is 4.04. The van der Waals surface area contributed by atoms with Gasteiger partial charge >= 0.3 is 5.97 Å². The number of nitrogens with zero attached hydrogens (tertiary/aromatic N) is 2. The first-order chi connectivity index (χ1) is 17.1. The summed E-state index contributed by atoms with van der Waals surface area (Å²) in [5, 5.41) is 1.97. The van der Waals surface area contributed by atoms with Gasteiger partial charge in [0.2, 0.25) is 0 Å². The second-order valence-electron chi connectivity index (χ2n) is 7.72. The number of hydrogen-bond donors (Lipinski definition) is 0. The van der Waals surface area contributed by atoms with Crippen LogP contribution in [0.25, 0.3) is 11.8 Å². The van der Waals surface area contributed by atoms with E-state index in [4.69, 9.17) is 14.5 Å². The molecule has 2 aromatic heterocycles. The van der Waals surface area contributed by atoms with E-state index in [1.807, 2.05) is 78.2 Å². The molecule has 0 aliphatic carbocycles. The van der Waals surface area contributed by atoms with Gasteiger partial charge in [0, 0.05) is 10.4 Å². The Morgan fingerprint density at radius 3 is 2.51 bits per heavy atom. The Morgan fingerprint density at radius 2 is 1.86 bits per heavy atom. The highest BCUT2D eigenvalue weighted by Crippen LogP contribution is 2.35. The number of thiophene rings is 1. The van der Waals surface area contributed by atoms with Gasteiger partial charge in [0.25, 0.3) is 5.56 Å². The third-order valence-electron chi connectivity index (χ3n) is 5.62. The number of methoxy groups -OCH3 is 1. The van der Waals surface area contributed by atoms with Crippen molar-refractivity contribution >= 4 is 40.4 Å². The molecule has 1 aliphatic heterocycles. The van der Waals surface area contributed by atoms with Crippen LogP contribution in [0.5, 0.6) is 5.75 Å². The average Bonchev–Trinajstić information content (AvgIpc) is 3.51. The maximum atomic E-state index is 13.7. The van der Waals surface area contributed by atoms with Gasteiger partial charge in [0.1, 0.15) is 5.75 Å². The van der Waals surface area contributed by atoms with Crippen LogP contribution in [-0.2, 0) is 9.53 Å². The molecule has 0 N–H and O–H groups in total. The lowest BCUT2D eigenvalue weighted by molar-refractivity contribution is -0.138. The van der Waals surface area contributed by atoms with Gasteiger partial charge in [-0.05, 0) is 42.1 Å². The number of carbonyl (C=O) groups is 1. The highest BCUT2D eigenvalue weighted by atomic mass is 32.1. The number of fused-ring (bicyclic) bond motifs is 1. The molecule has 4 aromatic rings. The van der Waals surface area contributed by atoms with Crippen molar-refractivity contribution in [2.24, 2.45) is 4.99 Å². The van der Waals surface area contributed by atoms with E-state index in [1.165, 1.54) is 11.3 Å². The number of esters is 1. The number of carbonyl (C=O) groups excluding carboxylic acids is 1. The van der Waals surface area contributed by atoms with Gasteiger partial charge in [-0.15, -0.1) is 11.3 Å². The van der Waals surface area contributed by atoms with Crippen molar-refractivity contribution in [2.75, 3.05) is 13.7 Å². The van der Waals surface area contributed by atoms with E-state index in [0.29, 0.717) is 26.4 Å². The van der Waals surface area contributed by atoms with Crippen LogP contribution >= 0.6 is 22.7 Å². The third-order valence-corrected chi connectivity index (χ3v) is 7.42. The van der Waals surface area contributed by atoms with Crippen molar-refractivity contribution in [3.63, 3.8) is 0 Å². The monoisotopic (exact) mass is 502 g/mol. The zero-order valence-electron chi connectivity index (χ0n) is 19.1. The van der Waals surface area contributed by atoms with Crippen LogP contribution in [0.15, 0.2) is 87.5 Å². The van der Waals surface area contributed by atoms with Gasteiger partial charge in [0.15, 0.2) is 4.80 Å². The van der Waals surface area contributed by atoms with E-state index in [1.54, 1.807) is 29.9 Å². The molecule has 0 spiro atoms. The van der Waals surface area contributed by atoms with Gasteiger partial charge in [-0.1, -0.05) is 59.9 Å². The van der Waals surface area contributed by atoms with Gasteiger partial charge < -0.3 is 9.47 Å². The smallest absolute Gasteiger partial charge is 0.338 e. The summed E-state index contributed by atoms with van der Waals surface area (Å²) in [6.45, 7) is 1.97. The molecule has 0 saturated carbocycles. The van der Waals surface area contributed by atoms with Gasteiger partial charge in [0.05, 0.1) is 35.6 Å². The highest BCUT2D eigenvalue weighted by Gasteiger charge is 2.35. The van der Waals surface area contributed by atoms with Crippen LogP contribution in [0, 0.1) is 0 Å². The maximum absolute atomic E-state index is 13.7. The van der Waals surface area contributed by atoms with Crippen molar-refractivity contribution in [1.29, 1.82) is 0 Å². The summed E-state index contributed by atoms with van der Waals surface area (Å²) < 4.78 is 13.0. The van der Waals surface area contributed by atoms with Gasteiger partial charge in [-0.3, -0.25) is 9.36 Å². The molecular formula is C27H22N2O4S2. The molecule has 1 unspecified atom stereocenters. The Balaban J connectivity index is 1.83. The second-order valence-corrected chi connectivity index (χ2v) is 9.71. The first-order valence-electron chi connectivity index (χ1n) is 11.1. The Labute approximate surface area is 209 Å². The number of hydrogen-bond acceptors (Lipinski definition) is 7. The fraction of sp³-hybridized carbons (Fsp3) is 0.148. The first-order valence-corrected chi connectivity index (χ1v) is 12.8. The van der Waals surface area contributed by atoms with Crippen molar-refractivity contribution in [3.05, 3.63) is 113 Å². The van der Waals surface area contributed by atoms with Crippen LogP contribution < -0.4 is 19.6 Å². The lowest BCUT2D eigenvalue weighted by atomic mass is 9.93.